The van der Waals surface area contributed by atoms with Gasteiger partial charge >= 0.3 is 0 Å². The third-order valence-corrected chi connectivity index (χ3v) is 3.16. The summed E-state index contributed by atoms with van der Waals surface area (Å²) in [6.45, 7) is 1.49. The smallest absolute Gasteiger partial charge is 0.137 e. The van der Waals surface area contributed by atoms with E-state index in [0.29, 0.717) is 6.54 Å². The fourth-order valence-corrected chi connectivity index (χ4v) is 2.18. The molecule has 0 atom stereocenters. The Labute approximate surface area is 97.0 Å². The summed E-state index contributed by atoms with van der Waals surface area (Å²) in [6, 6.07) is 3.99. The van der Waals surface area contributed by atoms with Gasteiger partial charge in [-0.1, -0.05) is 12.8 Å². The van der Waals surface area contributed by atoms with Gasteiger partial charge in [0.25, 0.3) is 0 Å². The lowest BCUT2D eigenvalue weighted by molar-refractivity contribution is 0.251. The van der Waals surface area contributed by atoms with E-state index in [9.17, 15) is 0 Å². The number of hydrogen-bond donors (Lipinski definition) is 1. The molecule has 0 radical (unpaired) electrons. The molecule has 0 unspecified atom stereocenters. The minimum absolute atomic E-state index is 0.648. The maximum absolute atomic E-state index is 5.73. The molecule has 1 aliphatic rings. The number of nitrogens with two attached hydrogens (primary N) is 1. The first-order valence-corrected chi connectivity index (χ1v) is 6.16. The molecule has 1 fully saturated rings. The number of hydrogen-bond acceptors (Lipinski definition) is 3. The van der Waals surface area contributed by atoms with Crippen molar-refractivity contribution in [3.63, 3.8) is 0 Å². The van der Waals surface area contributed by atoms with Crippen molar-refractivity contribution in [2.24, 2.45) is 11.7 Å². The SMILES string of the molecule is NCCc1ccc(OCC2CCCC2)cn1. The van der Waals surface area contributed by atoms with Crippen LogP contribution in [0.1, 0.15) is 31.4 Å². The van der Waals surface area contributed by atoms with E-state index in [1.54, 1.807) is 6.20 Å². The summed E-state index contributed by atoms with van der Waals surface area (Å²) in [7, 11) is 0. The lowest BCUT2D eigenvalue weighted by Gasteiger charge is -2.11. The highest BCUT2D eigenvalue weighted by Crippen LogP contribution is 2.25. The molecule has 1 aliphatic carbocycles. The number of aromatic nitrogens is 1. The number of ether oxygens (including phenoxy) is 1. The number of rotatable bonds is 5. The van der Waals surface area contributed by atoms with Crippen LogP contribution in [0.15, 0.2) is 18.3 Å². The Morgan fingerprint density at radius 1 is 1.31 bits per heavy atom. The van der Waals surface area contributed by atoms with Crippen LogP contribution in [0.5, 0.6) is 5.75 Å². The summed E-state index contributed by atoms with van der Waals surface area (Å²) in [4.78, 5) is 4.31. The number of pyridine rings is 1. The average molecular weight is 220 g/mol. The third kappa shape index (κ3) is 3.20. The highest BCUT2D eigenvalue weighted by Gasteiger charge is 2.15. The molecular weight excluding hydrogens is 200 g/mol. The highest BCUT2D eigenvalue weighted by molar-refractivity contribution is 5.20. The molecule has 0 bridgehead atoms. The van der Waals surface area contributed by atoms with Crippen molar-refractivity contribution in [3.8, 4) is 5.75 Å². The van der Waals surface area contributed by atoms with E-state index >= 15 is 0 Å². The van der Waals surface area contributed by atoms with Crippen LogP contribution in [-0.2, 0) is 6.42 Å². The molecule has 0 amide bonds. The molecule has 1 saturated carbocycles. The van der Waals surface area contributed by atoms with Crippen molar-refractivity contribution >= 4 is 0 Å². The predicted molar refractivity (Wildman–Crippen MR) is 64.4 cm³/mol. The first kappa shape index (κ1) is 11.4. The molecule has 2 N–H and O–H groups in total. The molecule has 1 aromatic rings. The van der Waals surface area contributed by atoms with Gasteiger partial charge < -0.3 is 10.5 Å². The van der Waals surface area contributed by atoms with Crippen molar-refractivity contribution < 1.29 is 4.74 Å². The van der Waals surface area contributed by atoms with Crippen molar-refractivity contribution in [1.29, 1.82) is 0 Å². The Hall–Kier alpha value is -1.09. The standard InChI is InChI=1S/C13H20N2O/c14-8-7-12-5-6-13(9-15-12)16-10-11-3-1-2-4-11/h5-6,9,11H,1-4,7-8,10,14H2. The molecule has 3 heteroatoms. The Balaban J connectivity index is 1.80. The monoisotopic (exact) mass is 220 g/mol. The fraction of sp³-hybridized carbons (Fsp3) is 0.615. The summed E-state index contributed by atoms with van der Waals surface area (Å²) in [5.74, 6) is 1.64. The van der Waals surface area contributed by atoms with Crippen LogP contribution in [-0.4, -0.2) is 18.1 Å². The Morgan fingerprint density at radius 3 is 2.75 bits per heavy atom. The van der Waals surface area contributed by atoms with Crippen LogP contribution < -0.4 is 10.5 Å². The molecule has 16 heavy (non-hydrogen) atoms. The van der Waals surface area contributed by atoms with Crippen LogP contribution >= 0.6 is 0 Å². The molecule has 0 spiro atoms. The van der Waals surface area contributed by atoms with Gasteiger partial charge in [-0.3, -0.25) is 4.98 Å². The fourth-order valence-electron chi connectivity index (χ4n) is 2.18. The second-order valence-corrected chi connectivity index (χ2v) is 4.49. The van der Waals surface area contributed by atoms with Gasteiger partial charge in [0.1, 0.15) is 5.75 Å². The summed E-state index contributed by atoms with van der Waals surface area (Å²) in [5, 5.41) is 0. The van der Waals surface area contributed by atoms with Gasteiger partial charge in [-0.05, 0) is 37.4 Å². The largest absolute Gasteiger partial charge is 0.492 e. The molecule has 0 aliphatic heterocycles. The molecule has 0 saturated heterocycles. The quantitative estimate of drug-likeness (QED) is 0.827. The minimum Gasteiger partial charge on any atom is -0.492 e. The van der Waals surface area contributed by atoms with Gasteiger partial charge in [0, 0.05) is 12.1 Å². The van der Waals surface area contributed by atoms with E-state index in [0.717, 1.165) is 30.4 Å². The molecule has 3 nitrogen and oxygen atoms in total. The first-order valence-electron chi connectivity index (χ1n) is 6.16. The topological polar surface area (TPSA) is 48.1 Å². The van der Waals surface area contributed by atoms with Crippen LogP contribution in [0.3, 0.4) is 0 Å². The van der Waals surface area contributed by atoms with E-state index in [1.165, 1.54) is 25.7 Å². The van der Waals surface area contributed by atoms with Gasteiger partial charge in [0.15, 0.2) is 0 Å². The molecule has 0 aromatic carbocycles. The van der Waals surface area contributed by atoms with Gasteiger partial charge in [-0.25, -0.2) is 0 Å². The van der Waals surface area contributed by atoms with Gasteiger partial charge in [-0.2, -0.15) is 0 Å². The summed E-state index contributed by atoms with van der Waals surface area (Å²) >= 11 is 0. The highest BCUT2D eigenvalue weighted by atomic mass is 16.5. The first-order chi connectivity index (χ1) is 7.88. The van der Waals surface area contributed by atoms with Crippen LogP contribution in [0.4, 0.5) is 0 Å². The van der Waals surface area contributed by atoms with Gasteiger partial charge in [-0.15, -0.1) is 0 Å². The van der Waals surface area contributed by atoms with Crippen molar-refractivity contribution in [2.45, 2.75) is 32.1 Å². The summed E-state index contributed by atoms with van der Waals surface area (Å²) < 4.78 is 5.73. The van der Waals surface area contributed by atoms with E-state index in [2.05, 4.69) is 4.98 Å². The van der Waals surface area contributed by atoms with Crippen LogP contribution in [0.25, 0.3) is 0 Å². The van der Waals surface area contributed by atoms with Crippen molar-refractivity contribution in [1.82, 2.24) is 4.98 Å². The Bertz CT molecular complexity index is 304. The zero-order valence-electron chi connectivity index (χ0n) is 9.69. The molecular formula is C13H20N2O. The van der Waals surface area contributed by atoms with Crippen LogP contribution in [0, 0.1) is 5.92 Å². The average Bonchev–Trinajstić information content (AvgIpc) is 2.82. The summed E-state index contributed by atoms with van der Waals surface area (Å²) in [5.41, 5.74) is 6.51. The van der Waals surface area contributed by atoms with Gasteiger partial charge in [0.05, 0.1) is 12.8 Å². The van der Waals surface area contributed by atoms with E-state index in [-0.39, 0.29) is 0 Å². The van der Waals surface area contributed by atoms with E-state index < -0.39 is 0 Å². The maximum atomic E-state index is 5.73. The van der Waals surface area contributed by atoms with Crippen LogP contribution in [0.2, 0.25) is 0 Å². The number of nitrogens with zero attached hydrogens (tertiary/aromatic N) is 1. The second-order valence-electron chi connectivity index (χ2n) is 4.49. The van der Waals surface area contributed by atoms with Crippen molar-refractivity contribution in [2.75, 3.05) is 13.2 Å². The third-order valence-electron chi connectivity index (χ3n) is 3.16. The predicted octanol–water partition coefficient (Wildman–Crippen LogP) is 2.15. The van der Waals surface area contributed by atoms with E-state index in [1.807, 2.05) is 12.1 Å². The lowest BCUT2D eigenvalue weighted by atomic mass is 10.1. The molecule has 88 valence electrons. The Morgan fingerprint density at radius 2 is 2.12 bits per heavy atom. The maximum Gasteiger partial charge on any atom is 0.137 e. The zero-order valence-corrected chi connectivity index (χ0v) is 9.69. The van der Waals surface area contributed by atoms with Crippen molar-refractivity contribution in [3.05, 3.63) is 24.0 Å². The van der Waals surface area contributed by atoms with E-state index in [4.69, 9.17) is 10.5 Å². The lowest BCUT2D eigenvalue weighted by Crippen LogP contribution is -2.08. The molecule has 1 heterocycles. The minimum atomic E-state index is 0.648. The Kier molecular flexibility index (Phi) is 4.17. The zero-order chi connectivity index (χ0) is 11.2. The summed E-state index contributed by atoms with van der Waals surface area (Å²) in [6.07, 6.45) is 8.00. The molecule has 2 rings (SSSR count). The van der Waals surface area contributed by atoms with Gasteiger partial charge in [0.2, 0.25) is 0 Å². The second kappa shape index (κ2) is 5.85. The normalized spacial score (nSPS) is 16.6. The molecule has 1 aromatic heterocycles.